The first kappa shape index (κ1) is 16.0. The number of fused-ring (bicyclic) bond motifs is 5. The molecule has 2 unspecified atom stereocenters. The molecule has 7 nitrogen and oxygen atoms in total. The molecule has 27 heavy (non-hydrogen) atoms. The average Bonchev–Trinajstić information content (AvgIpc) is 3.33. The number of hydrogen-bond acceptors (Lipinski definition) is 6. The maximum absolute atomic E-state index is 13.7. The Kier molecular flexibility index (Phi) is 3.04. The molecule has 0 saturated carbocycles. The minimum atomic E-state index is -1.11. The maximum atomic E-state index is 13.7. The summed E-state index contributed by atoms with van der Waals surface area (Å²) < 4.78 is 15.6. The molecular weight excluding hydrogens is 367 g/mol. The molecule has 4 heterocycles. The number of aliphatic imine (C=N–C) groups is 1. The number of benzene rings is 1. The van der Waals surface area contributed by atoms with Crippen molar-refractivity contribution in [2.45, 2.75) is 12.1 Å². The minimum absolute atomic E-state index is 0.0924. The summed E-state index contributed by atoms with van der Waals surface area (Å²) >= 11 is 1.27. The second-order valence-electron chi connectivity index (χ2n) is 6.64. The van der Waals surface area contributed by atoms with Gasteiger partial charge in [-0.1, -0.05) is 0 Å². The predicted molar refractivity (Wildman–Crippen MR) is 97.4 cm³/mol. The van der Waals surface area contributed by atoms with Crippen molar-refractivity contribution >= 4 is 34.2 Å². The number of nitrogens with zero attached hydrogens (tertiary/aromatic N) is 5. The zero-order valence-electron chi connectivity index (χ0n) is 14.2. The van der Waals surface area contributed by atoms with Crippen LogP contribution < -0.4 is 5.73 Å². The smallest absolute Gasteiger partial charge is 0.237 e. The van der Waals surface area contributed by atoms with Gasteiger partial charge in [-0.15, -0.1) is 11.3 Å². The number of rotatable bonds is 1. The number of guanidine groups is 1. The highest BCUT2D eigenvalue weighted by Gasteiger charge is 2.58. The van der Waals surface area contributed by atoms with Crippen LogP contribution in [0.5, 0.6) is 0 Å². The molecule has 1 aromatic carbocycles. The normalized spacial score (nSPS) is 23.9. The van der Waals surface area contributed by atoms with E-state index in [0.717, 1.165) is 10.4 Å². The molecule has 0 fully saturated rings. The molecule has 2 atom stereocenters. The van der Waals surface area contributed by atoms with Gasteiger partial charge in [-0.25, -0.2) is 14.4 Å². The summed E-state index contributed by atoms with van der Waals surface area (Å²) in [5.74, 6) is -0.430. The molecule has 2 aromatic heterocycles. The van der Waals surface area contributed by atoms with Gasteiger partial charge < -0.3 is 10.3 Å². The van der Waals surface area contributed by atoms with Crippen LogP contribution in [0.15, 0.2) is 35.3 Å². The monoisotopic (exact) mass is 380 g/mol. The van der Waals surface area contributed by atoms with Gasteiger partial charge in [-0.05, 0) is 24.3 Å². The number of amides is 1. The fourth-order valence-electron chi connectivity index (χ4n) is 3.98. The van der Waals surface area contributed by atoms with Gasteiger partial charge in [0, 0.05) is 24.5 Å². The Morgan fingerprint density at radius 1 is 1.41 bits per heavy atom. The van der Waals surface area contributed by atoms with Crippen molar-refractivity contribution in [2.24, 2.45) is 16.6 Å². The number of aromatic nitrogens is 2. The Morgan fingerprint density at radius 3 is 2.96 bits per heavy atom. The van der Waals surface area contributed by atoms with Crippen molar-refractivity contribution in [1.82, 2.24) is 14.5 Å². The van der Waals surface area contributed by atoms with Gasteiger partial charge >= 0.3 is 0 Å². The second-order valence-corrected chi connectivity index (χ2v) is 7.72. The van der Waals surface area contributed by atoms with E-state index >= 15 is 0 Å². The molecule has 3 aromatic rings. The Balaban J connectivity index is 1.86. The molecule has 0 saturated heterocycles. The lowest BCUT2D eigenvalue weighted by Crippen LogP contribution is -2.53. The van der Waals surface area contributed by atoms with E-state index in [2.05, 4.69) is 11.1 Å². The molecule has 9 heteroatoms. The lowest BCUT2D eigenvalue weighted by molar-refractivity contribution is -0.133. The SMILES string of the molecule is CN1C(=O)C2Cn3c(nc4cc(F)ccc43)C2(c2ccc(C#N)s2)N=C1N. The highest BCUT2D eigenvalue weighted by Crippen LogP contribution is 2.51. The molecule has 5 rings (SSSR count). The first-order valence-corrected chi connectivity index (χ1v) is 9.07. The number of carbonyl (C=O) groups excluding carboxylic acids is 1. The quantitative estimate of drug-likeness (QED) is 0.695. The lowest BCUT2D eigenvalue weighted by atomic mass is 9.82. The van der Waals surface area contributed by atoms with Crippen molar-refractivity contribution in [1.29, 1.82) is 5.26 Å². The summed E-state index contributed by atoms with van der Waals surface area (Å²) in [6.07, 6.45) is 0. The van der Waals surface area contributed by atoms with Gasteiger partial charge in [-0.3, -0.25) is 9.69 Å². The van der Waals surface area contributed by atoms with E-state index in [4.69, 9.17) is 10.7 Å². The average molecular weight is 380 g/mol. The molecule has 0 radical (unpaired) electrons. The highest BCUT2D eigenvalue weighted by atomic mass is 32.1. The van der Waals surface area contributed by atoms with Crippen molar-refractivity contribution in [3.63, 3.8) is 0 Å². The van der Waals surface area contributed by atoms with Gasteiger partial charge in [0.15, 0.2) is 11.5 Å². The highest BCUT2D eigenvalue weighted by molar-refractivity contribution is 7.12. The first-order valence-electron chi connectivity index (χ1n) is 8.25. The third-order valence-corrected chi connectivity index (χ3v) is 6.39. The fourth-order valence-corrected chi connectivity index (χ4v) is 4.97. The maximum Gasteiger partial charge on any atom is 0.237 e. The van der Waals surface area contributed by atoms with Crippen LogP contribution >= 0.6 is 11.3 Å². The summed E-state index contributed by atoms with van der Waals surface area (Å²) in [5, 5.41) is 9.24. The topological polar surface area (TPSA) is 100 Å². The second kappa shape index (κ2) is 5.14. The van der Waals surface area contributed by atoms with Gasteiger partial charge in [0.25, 0.3) is 0 Å². The standard InChI is InChI=1S/C18H13FN6OS/c1-24-15(26)11-8-25-13-4-2-9(19)6-12(13)22-16(25)18(11,23-17(24)21)14-5-3-10(7-20)27-14/h2-6,11H,8H2,1H3,(H2,21,23). The zero-order chi connectivity index (χ0) is 18.9. The van der Waals surface area contributed by atoms with Crippen LogP contribution in [-0.4, -0.2) is 33.4 Å². The summed E-state index contributed by atoms with van der Waals surface area (Å²) in [7, 11) is 1.59. The number of halogens is 1. The van der Waals surface area contributed by atoms with E-state index in [1.807, 2.05) is 4.57 Å². The van der Waals surface area contributed by atoms with Gasteiger partial charge in [-0.2, -0.15) is 5.26 Å². The summed E-state index contributed by atoms with van der Waals surface area (Å²) in [6, 6.07) is 10.0. The molecule has 0 bridgehead atoms. The van der Waals surface area contributed by atoms with Crippen molar-refractivity contribution < 1.29 is 9.18 Å². The Hall–Kier alpha value is -3.25. The number of nitrogens with two attached hydrogens (primary N) is 1. The first-order chi connectivity index (χ1) is 13.0. The van der Waals surface area contributed by atoms with E-state index in [1.165, 1.54) is 28.4 Å². The van der Waals surface area contributed by atoms with E-state index in [-0.39, 0.29) is 17.7 Å². The summed E-state index contributed by atoms with van der Waals surface area (Å²) in [5.41, 5.74) is 6.19. The molecular formula is C18H13FN6OS. The largest absolute Gasteiger partial charge is 0.369 e. The molecule has 0 aliphatic carbocycles. The van der Waals surface area contributed by atoms with Crippen molar-refractivity contribution in [2.75, 3.05) is 7.05 Å². The number of hydrogen-bond donors (Lipinski definition) is 1. The number of thiophene rings is 1. The number of nitriles is 1. The molecule has 0 spiro atoms. The Morgan fingerprint density at radius 2 is 2.22 bits per heavy atom. The summed E-state index contributed by atoms with van der Waals surface area (Å²) in [6.45, 7) is 0.358. The molecule has 2 N–H and O–H groups in total. The van der Waals surface area contributed by atoms with E-state index < -0.39 is 11.5 Å². The third kappa shape index (κ3) is 1.90. The third-order valence-electron chi connectivity index (χ3n) is 5.28. The number of carbonyl (C=O) groups is 1. The van der Waals surface area contributed by atoms with Gasteiger partial charge in [0.1, 0.15) is 22.6 Å². The fraction of sp³-hybridized carbons (Fsp3) is 0.222. The van der Waals surface area contributed by atoms with E-state index in [1.54, 1.807) is 25.2 Å². The predicted octanol–water partition coefficient (Wildman–Crippen LogP) is 1.77. The van der Waals surface area contributed by atoms with Crippen LogP contribution in [0.2, 0.25) is 0 Å². The molecule has 2 aliphatic heterocycles. The Bertz CT molecular complexity index is 1200. The van der Waals surface area contributed by atoms with Gasteiger partial charge in [0.05, 0.1) is 17.0 Å². The number of imidazole rings is 1. The van der Waals surface area contributed by atoms with Crippen molar-refractivity contribution in [3.05, 3.63) is 51.7 Å². The van der Waals surface area contributed by atoms with E-state index in [9.17, 15) is 14.4 Å². The summed E-state index contributed by atoms with van der Waals surface area (Å²) in [4.78, 5) is 25.0. The minimum Gasteiger partial charge on any atom is -0.369 e. The van der Waals surface area contributed by atoms with Gasteiger partial charge in [0.2, 0.25) is 5.91 Å². The Labute approximate surface area is 157 Å². The zero-order valence-corrected chi connectivity index (χ0v) is 15.0. The molecule has 134 valence electrons. The van der Waals surface area contributed by atoms with Crippen LogP contribution in [0.25, 0.3) is 11.0 Å². The lowest BCUT2D eigenvalue weighted by Gasteiger charge is -2.36. The van der Waals surface area contributed by atoms with Crippen LogP contribution in [0.4, 0.5) is 4.39 Å². The van der Waals surface area contributed by atoms with E-state index in [0.29, 0.717) is 22.8 Å². The van der Waals surface area contributed by atoms with Crippen LogP contribution in [0.1, 0.15) is 15.6 Å². The van der Waals surface area contributed by atoms with Crippen molar-refractivity contribution in [3.8, 4) is 6.07 Å². The van der Waals surface area contributed by atoms with Crippen LogP contribution in [0, 0.1) is 23.1 Å². The van der Waals surface area contributed by atoms with Crippen LogP contribution in [-0.2, 0) is 16.9 Å². The van der Waals surface area contributed by atoms with Crippen LogP contribution in [0.3, 0.4) is 0 Å². The molecule has 1 amide bonds. The molecule has 2 aliphatic rings.